The SMILES string of the molecule is CC(C)N(Cc1ccccc1)S(=O)(=O)c1ccccc1C#CCCO. The van der Waals surface area contributed by atoms with Gasteiger partial charge in [0.2, 0.25) is 10.0 Å². The first-order valence-electron chi connectivity index (χ1n) is 8.21. The molecular weight excluding hydrogens is 334 g/mol. The molecule has 2 rings (SSSR count). The second kappa shape index (κ2) is 8.82. The summed E-state index contributed by atoms with van der Waals surface area (Å²) < 4.78 is 28.0. The van der Waals surface area contributed by atoms with Gasteiger partial charge in [0.1, 0.15) is 0 Å². The summed E-state index contributed by atoms with van der Waals surface area (Å²) >= 11 is 0. The van der Waals surface area contributed by atoms with Crippen LogP contribution >= 0.6 is 0 Å². The molecule has 0 aliphatic heterocycles. The quantitative estimate of drug-likeness (QED) is 0.809. The lowest BCUT2D eigenvalue weighted by atomic mass is 10.2. The third-order valence-electron chi connectivity index (χ3n) is 3.69. The lowest BCUT2D eigenvalue weighted by Crippen LogP contribution is -2.36. The summed E-state index contributed by atoms with van der Waals surface area (Å²) in [4.78, 5) is 0.199. The number of nitrogens with zero attached hydrogens (tertiary/aromatic N) is 1. The summed E-state index contributed by atoms with van der Waals surface area (Å²) in [5.74, 6) is 5.66. The minimum Gasteiger partial charge on any atom is -0.395 e. The molecule has 2 aromatic rings. The van der Waals surface area contributed by atoms with Crippen LogP contribution < -0.4 is 0 Å². The number of rotatable bonds is 6. The first kappa shape index (κ1) is 19.2. The van der Waals surface area contributed by atoms with Crippen molar-refractivity contribution in [3.05, 3.63) is 65.7 Å². The summed E-state index contributed by atoms with van der Waals surface area (Å²) in [5, 5.41) is 8.87. The van der Waals surface area contributed by atoms with E-state index >= 15 is 0 Å². The summed E-state index contributed by atoms with van der Waals surface area (Å²) in [5.41, 5.74) is 1.39. The van der Waals surface area contributed by atoms with E-state index in [2.05, 4.69) is 11.8 Å². The van der Waals surface area contributed by atoms with Crippen molar-refractivity contribution >= 4 is 10.0 Å². The molecule has 0 atom stereocenters. The van der Waals surface area contributed by atoms with E-state index in [0.29, 0.717) is 18.5 Å². The average molecular weight is 357 g/mol. The predicted octanol–water partition coefficient (Wildman–Crippen LogP) is 3.02. The molecule has 5 heteroatoms. The molecule has 132 valence electrons. The van der Waals surface area contributed by atoms with Crippen molar-refractivity contribution in [2.75, 3.05) is 6.61 Å². The number of hydrogen-bond donors (Lipinski definition) is 1. The summed E-state index contributed by atoms with van der Waals surface area (Å²) in [6.45, 7) is 3.98. The molecule has 0 heterocycles. The Kier molecular flexibility index (Phi) is 6.77. The molecule has 0 fully saturated rings. The Bertz CT molecular complexity index is 849. The lowest BCUT2D eigenvalue weighted by molar-refractivity contribution is 0.305. The highest BCUT2D eigenvalue weighted by Gasteiger charge is 2.28. The number of aliphatic hydroxyl groups is 1. The molecule has 0 aliphatic rings. The van der Waals surface area contributed by atoms with E-state index in [9.17, 15) is 8.42 Å². The largest absolute Gasteiger partial charge is 0.395 e. The van der Waals surface area contributed by atoms with E-state index in [4.69, 9.17) is 5.11 Å². The molecule has 0 saturated carbocycles. The van der Waals surface area contributed by atoms with Crippen LogP contribution in [0.5, 0.6) is 0 Å². The standard InChI is InChI=1S/C20H23NO3S/c1-17(2)21(16-18-10-4-3-5-11-18)25(23,24)20-14-7-6-12-19(20)13-8-9-15-22/h3-7,10-12,14,17,22H,9,15-16H2,1-2H3. The van der Waals surface area contributed by atoms with E-state index in [1.54, 1.807) is 24.3 Å². The fraction of sp³-hybridized carbons (Fsp3) is 0.300. The van der Waals surface area contributed by atoms with Crippen LogP contribution in [-0.4, -0.2) is 30.5 Å². The van der Waals surface area contributed by atoms with Crippen LogP contribution in [0.25, 0.3) is 0 Å². The second-order valence-electron chi connectivity index (χ2n) is 5.90. The van der Waals surface area contributed by atoms with Crippen molar-refractivity contribution in [1.29, 1.82) is 0 Å². The maximum Gasteiger partial charge on any atom is 0.244 e. The smallest absolute Gasteiger partial charge is 0.244 e. The van der Waals surface area contributed by atoms with Crippen molar-refractivity contribution in [2.45, 2.75) is 37.8 Å². The minimum atomic E-state index is -3.70. The Morgan fingerprint density at radius 2 is 1.68 bits per heavy atom. The predicted molar refractivity (Wildman–Crippen MR) is 99.3 cm³/mol. The topological polar surface area (TPSA) is 57.6 Å². The summed E-state index contributed by atoms with van der Waals surface area (Å²) in [6, 6.07) is 16.1. The summed E-state index contributed by atoms with van der Waals surface area (Å²) in [7, 11) is -3.70. The zero-order chi connectivity index (χ0) is 18.3. The van der Waals surface area contributed by atoms with Crippen LogP contribution in [0.2, 0.25) is 0 Å². The fourth-order valence-electron chi connectivity index (χ4n) is 2.44. The molecule has 1 N–H and O–H groups in total. The Labute approximate surface area is 150 Å². The zero-order valence-corrected chi connectivity index (χ0v) is 15.3. The fourth-order valence-corrected chi connectivity index (χ4v) is 4.22. The number of sulfonamides is 1. The Morgan fingerprint density at radius 3 is 2.32 bits per heavy atom. The third-order valence-corrected chi connectivity index (χ3v) is 5.77. The van der Waals surface area contributed by atoms with Crippen molar-refractivity contribution in [1.82, 2.24) is 4.31 Å². The van der Waals surface area contributed by atoms with Gasteiger partial charge in [-0.3, -0.25) is 0 Å². The van der Waals surface area contributed by atoms with E-state index in [1.807, 2.05) is 44.2 Å². The van der Waals surface area contributed by atoms with Crippen LogP contribution in [0, 0.1) is 11.8 Å². The highest BCUT2D eigenvalue weighted by atomic mass is 32.2. The molecule has 0 unspecified atom stereocenters. The Balaban J connectivity index is 2.43. The average Bonchev–Trinajstić information content (AvgIpc) is 2.61. The van der Waals surface area contributed by atoms with Gasteiger partial charge < -0.3 is 5.11 Å². The number of aliphatic hydroxyl groups excluding tert-OH is 1. The molecule has 0 aliphatic carbocycles. The van der Waals surface area contributed by atoms with Gasteiger partial charge in [-0.2, -0.15) is 4.31 Å². The molecule has 0 amide bonds. The van der Waals surface area contributed by atoms with E-state index in [1.165, 1.54) is 4.31 Å². The lowest BCUT2D eigenvalue weighted by Gasteiger charge is -2.26. The van der Waals surface area contributed by atoms with Crippen molar-refractivity contribution in [2.24, 2.45) is 0 Å². The van der Waals surface area contributed by atoms with Gasteiger partial charge in [-0.1, -0.05) is 54.3 Å². The van der Waals surface area contributed by atoms with E-state index < -0.39 is 10.0 Å². The van der Waals surface area contributed by atoms with Crippen LogP contribution in [-0.2, 0) is 16.6 Å². The first-order chi connectivity index (χ1) is 12.0. The van der Waals surface area contributed by atoms with Gasteiger partial charge in [-0.25, -0.2) is 8.42 Å². The molecule has 25 heavy (non-hydrogen) atoms. The molecule has 0 aromatic heterocycles. The molecule has 2 aromatic carbocycles. The van der Waals surface area contributed by atoms with Gasteiger partial charge >= 0.3 is 0 Å². The molecular formula is C20H23NO3S. The van der Waals surface area contributed by atoms with Gasteiger partial charge in [-0.15, -0.1) is 0 Å². The highest BCUT2D eigenvalue weighted by Crippen LogP contribution is 2.23. The Morgan fingerprint density at radius 1 is 1.04 bits per heavy atom. The minimum absolute atomic E-state index is 0.0476. The van der Waals surface area contributed by atoms with Crippen LogP contribution in [0.1, 0.15) is 31.4 Å². The van der Waals surface area contributed by atoms with Crippen molar-refractivity contribution in [3.8, 4) is 11.8 Å². The third kappa shape index (κ3) is 4.93. The monoisotopic (exact) mass is 357 g/mol. The molecule has 0 bridgehead atoms. The van der Waals surface area contributed by atoms with Crippen LogP contribution in [0.15, 0.2) is 59.5 Å². The maximum absolute atomic E-state index is 13.2. The molecule has 0 saturated heterocycles. The first-order valence-corrected chi connectivity index (χ1v) is 9.65. The zero-order valence-electron chi connectivity index (χ0n) is 14.5. The van der Waals surface area contributed by atoms with Crippen LogP contribution in [0.4, 0.5) is 0 Å². The summed E-state index contributed by atoms with van der Waals surface area (Å²) in [6.07, 6.45) is 0.312. The second-order valence-corrected chi connectivity index (χ2v) is 7.76. The molecule has 0 radical (unpaired) electrons. The van der Waals surface area contributed by atoms with Crippen LogP contribution in [0.3, 0.4) is 0 Å². The van der Waals surface area contributed by atoms with E-state index in [-0.39, 0.29) is 17.5 Å². The normalized spacial score (nSPS) is 11.4. The van der Waals surface area contributed by atoms with Crippen molar-refractivity contribution in [3.63, 3.8) is 0 Å². The van der Waals surface area contributed by atoms with Gasteiger partial charge in [0.15, 0.2) is 0 Å². The van der Waals surface area contributed by atoms with Gasteiger partial charge in [-0.05, 0) is 31.5 Å². The van der Waals surface area contributed by atoms with Gasteiger partial charge in [0.25, 0.3) is 0 Å². The Hall–Kier alpha value is -2.13. The van der Waals surface area contributed by atoms with Gasteiger partial charge in [0, 0.05) is 24.6 Å². The number of hydrogen-bond acceptors (Lipinski definition) is 3. The van der Waals surface area contributed by atoms with Gasteiger partial charge in [0.05, 0.1) is 11.5 Å². The maximum atomic E-state index is 13.2. The highest BCUT2D eigenvalue weighted by molar-refractivity contribution is 7.89. The number of benzene rings is 2. The molecule has 0 spiro atoms. The molecule has 4 nitrogen and oxygen atoms in total. The van der Waals surface area contributed by atoms with Crippen molar-refractivity contribution < 1.29 is 13.5 Å². The van der Waals surface area contributed by atoms with E-state index in [0.717, 1.165) is 5.56 Å².